The lowest BCUT2D eigenvalue weighted by Crippen LogP contribution is -2.19. The summed E-state index contributed by atoms with van der Waals surface area (Å²) in [5.74, 6) is 1.68. The van der Waals surface area contributed by atoms with Crippen molar-refractivity contribution in [2.45, 2.75) is 71.1 Å². The van der Waals surface area contributed by atoms with Crippen LogP contribution in [-0.4, -0.2) is 0 Å². The molecule has 0 atom stereocenters. The Kier molecular flexibility index (Phi) is 5.33. The maximum Gasteiger partial charge on any atom is 0.123 e. The fourth-order valence-corrected chi connectivity index (χ4v) is 4.31. The van der Waals surface area contributed by atoms with Gasteiger partial charge in [0.15, 0.2) is 0 Å². The summed E-state index contributed by atoms with van der Waals surface area (Å²) in [4.78, 5) is 0. The SMILES string of the molecule is CCCCCC1CCC(C2=CCc3cc(F)ccc3C2)CC1. The minimum absolute atomic E-state index is 0.0943. The Bertz CT molecular complexity index is 521. The van der Waals surface area contributed by atoms with Crippen LogP contribution in [0, 0.1) is 17.7 Å². The van der Waals surface area contributed by atoms with Gasteiger partial charge in [0.05, 0.1) is 0 Å². The van der Waals surface area contributed by atoms with Gasteiger partial charge in [-0.3, -0.25) is 0 Å². The van der Waals surface area contributed by atoms with E-state index in [0.717, 1.165) is 24.7 Å². The molecule has 0 unspecified atom stereocenters. The molecule has 0 spiro atoms. The third-order valence-electron chi connectivity index (χ3n) is 5.73. The molecule has 120 valence electrons. The molecule has 0 radical (unpaired) electrons. The van der Waals surface area contributed by atoms with Crippen molar-refractivity contribution in [3.63, 3.8) is 0 Å². The van der Waals surface area contributed by atoms with Crippen LogP contribution in [0.3, 0.4) is 0 Å². The van der Waals surface area contributed by atoms with Crippen molar-refractivity contribution in [2.75, 3.05) is 0 Å². The molecule has 2 aliphatic rings. The maximum atomic E-state index is 13.3. The molecule has 0 aliphatic heterocycles. The number of fused-ring (bicyclic) bond motifs is 1. The van der Waals surface area contributed by atoms with Crippen LogP contribution in [0.25, 0.3) is 0 Å². The van der Waals surface area contributed by atoms with Crippen molar-refractivity contribution in [3.05, 3.63) is 46.8 Å². The van der Waals surface area contributed by atoms with Gasteiger partial charge >= 0.3 is 0 Å². The topological polar surface area (TPSA) is 0 Å². The van der Waals surface area contributed by atoms with Gasteiger partial charge in [0, 0.05) is 0 Å². The van der Waals surface area contributed by atoms with Gasteiger partial charge < -0.3 is 0 Å². The lowest BCUT2D eigenvalue weighted by atomic mass is 9.74. The van der Waals surface area contributed by atoms with E-state index in [1.54, 1.807) is 17.7 Å². The van der Waals surface area contributed by atoms with Gasteiger partial charge in [-0.15, -0.1) is 0 Å². The van der Waals surface area contributed by atoms with Crippen molar-refractivity contribution >= 4 is 0 Å². The minimum Gasteiger partial charge on any atom is -0.207 e. The van der Waals surface area contributed by atoms with Crippen molar-refractivity contribution in [3.8, 4) is 0 Å². The normalized spacial score (nSPS) is 24.7. The number of hydrogen-bond donors (Lipinski definition) is 0. The van der Waals surface area contributed by atoms with E-state index in [0.29, 0.717) is 0 Å². The van der Waals surface area contributed by atoms with Gasteiger partial charge in [0.25, 0.3) is 0 Å². The largest absolute Gasteiger partial charge is 0.207 e. The van der Waals surface area contributed by atoms with Crippen molar-refractivity contribution in [1.82, 2.24) is 0 Å². The number of unbranched alkanes of at least 4 members (excludes halogenated alkanes) is 2. The molecule has 0 amide bonds. The van der Waals surface area contributed by atoms with Gasteiger partial charge in [-0.2, -0.15) is 0 Å². The van der Waals surface area contributed by atoms with E-state index < -0.39 is 0 Å². The second-order valence-electron chi connectivity index (χ2n) is 7.29. The Morgan fingerprint density at radius 1 is 1.05 bits per heavy atom. The first-order chi connectivity index (χ1) is 10.8. The molecule has 0 saturated heterocycles. The van der Waals surface area contributed by atoms with E-state index in [-0.39, 0.29) is 5.82 Å². The van der Waals surface area contributed by atoms with Gasteiger partial charge in [-0.25, -0.2) is 4.39 Å². The summed E-state index contributed by atoms with van der Waals surface area (Å²) in [5.41, 5.74) is 4.17. The third-order valence-corrected chi connectivity index (χ3v) is 5.73. The quantitative estimate of drug-likeness (QED) is 0.446. The Hall–Kier alpha value is -1.11. The Morgan fingerprint density at radius 3 is 2.64 bits per heavy atom. The molecule has 1 aromatic carbocycles. The smallest absolute Gasteiger partial charge is 0.123 e. The van der Waals surface area contributed by atoms with Crippen LogP contribution in [-0.2, 0) is 12.8 Å². The van der Waals surface area contributed by atoms with E-state index >= 15 is 0 Å². The zero-order chi connectivity index (χ0) is 15.4. The Morgan fingerprint density at radius 2 is 1.86 bits per heavy atom. The lowest BCUT2D eigenvalue weighted by Gasteiger charge is -2.32. The van der Waals surface area contributed by atoms with Crippen LogP contribution in [0.5, 0.6) is 0 Å². The molecular weight excluding hydrogens is 271 g/mol. The summed E-state index contributed by atoms with van der Waals surface area (Å²) in [6, 6.07) is 5.33. The molecule has 22 heavy (non-hydrogen) atoms. The Balaban J connectivity index is 1.52. The predicted octanol–water partition coefficient (Wildman–Crippen LogP) is 6.24. The number of allylic oxidation sites excluding steroid dienone is 2. The molecule has 1 saturated carbocycles. The molecule has 0 heterocycles. The van der Waals surface area contributed by atoms with E-state index in [4.69, 9.17) is 0 Å². The van der Waals surface area contributed by atoms with Crippen LogP contribution >= 0.6 is 0 Å². The molecule has 3 rings (SSSR count). The van der Waals surface area contributed by atoms with Crippen molar-refractivity contribution in [1.29, 1.82) is 0 Å². The molecule has 1 aromatic rings. The first-order valence-corrected chi connectivity index (χ1v) is 9.22. The minimum atomic E-state index is -0.0943. The average Bonchev–Trinajstić information content (AvgIpc) is 2.55. The predicted molar refractivity (Wildman–Crippen MR) is 91.5 cm³/mol. The number of benzene rings is 1. The molecule has 0 bridgehead atoms. The summed E-state index contributed by atoms with van der Waals surface area (Å²) in [6.07, 6.45) is 15.6. The second-order valence-corrected chi connectivity index (χ2v) is 7.29. The highest BCUT2D eigenvalue weighted by Crippen LogP contribution is 2.38. The summed E-state index contributed by atoms with van der Waals surface area (Å²) >= 11 is 0. The molecular formula is C21H29F. The average molecular weight is 300 g/mol. The maximum absolute atomic E-state index is 13.3. The van der Waals surface area contributed by atoms with E-state index in [2.05, 4.69) is 13.0 Å². The number of hydrogen-bond acceptors (Lipinski definition) is 0. The highest BCUT2D eigenvalue weighted by atomic mass is 19.1. The van der Waals surface area contributed by atoms with Crippen molar-refractivity contribution in [2.24, 2.45) is 11.8 Å². The summed E-state index contributed by atoms with van der Waals surface area (Å²) < 4.78 is 13.3. The van der Waals surface area contributed by atoms with E-state index in [1.807, 2.05) is 6.07 Å². The van der Waals surface area contributed by atoms with E-state index in [9.17, 15) is 4.39 Å². The van der Waals surface area contributed by atoms with Gasteiger partial charge in [-0.1, -0.05) is 50.3 Å². The fraction of sp³-hybridized carbons (Fsp3) is 0.619. The first kappa shape index (κ1) is 15.8. The van der Waals surface area contributed by atoms with E-state index in [1.165, 1.54) is 62.5 Å². The summed E-state index contributed by atoms with van der Waals surface area (Å²) in [7, 11) is 0. The fourth-order valence-electron chi connectivity index (χ4n) is 4.31. The second kappa shape index (κ2) is 7.44. The molecule has 2 aliphatic carbocycles. The molecule has 0 N–H and O–H groups in total. The molecule has 1 fully saturated rings. The molecule has 0 aromatic heterocycles. The number of halogens is 1. The zero-order valence-corrected chi connectivity index (χ0v) is 13.9. The summed E-state index contributed by atoms with van der Waals surface area (Å²) in [5, 5.41) is 0. The summed E-state index contributed by atoms with van der Waals surface area (Å²) in [6.45, 7) is 2.29. The van der Waals surface area contributed by atoms with Crippen LogP contribution in [0.2, 0.25) is 0 Å². The van der Waals surface area contributed by atoms with Gasteiger partial charge in [0.1, 0.15) is 5.82 Å². The van der Waals surface area contributed by atoms with Gasteiger partial charge in [-0.05, 0) is 73.6 Å². The number of rotatable bonds is 5. The molecule has 1 heteroatoms. The monoisotopic (exact) mass is 300 g/mol. The van der Waals surface area contributed by atoms with Crippen LogP contribution in [0.1, 0.15) is 69.4 Å². The first-order valence-electron chi connectivity index (χ1n) is 9.22. The Labute approximate surface area is 134 Å². The highest BCUT2D eigenvalue weighted by Gasteiger charge is 2.25. The molecule has 0 nitrogen and oxygen atoms in total. The van der Waals surface area contributed by atoms with Crippen LogP contribution in [0.15, 0.2) is 29.8 Å². The zero-order valence-electron chi connectivity index (χ0n) is 13.9. The van der Waals surface area contributed by atoms with Gasteiger partial charge in [0.2, 0.25) is 0 Å². The third kappa shape index (κ3) is 3.80. The van der Waals surface area contributed by atoms with Crippen LogP contribution in [0.4, 0.5) is 4.39 Å². The highest BCUT2D eigenvalue weighted by molar-refractivity contribution is 5.38. The van der Waals surface area contributed by atoms with Crippen LogP contribution < -0.4 is 0 Å². The standard InChI is InChI=1S/C21H29F/c1-2-3-4-5-16-6-8-17(9-7-16)18-10-11-20-15-21(22)13-12-19(20)14-18/h10,12-13,15-17H,2-9,11,14H2,1H3. The van der Waals surface area contributed by atoms with Crippen molar-refractivity contribution < 1.29 is 4.39 Å². The lowest BCUT2D eigenvalue weighted by molar-refractivity contribution is 0.279.